The van der Waals surface area contributed by atoms with Crippen LogP contribution in [0.15, 0.2) is 0 Å². The van der Waals surface area contributed by atoms with Crippen molar-refractivity contribution in [1.82, 2.24) is 0 Å². The van der Waals surface area contributed by atoms with Gasteiger partial charge in [-0.25, -0.2) is 0 Å². The molecule has 1 saturated heterocycles. The molecule has 0 aromatic rings. The highest BCUT2D eigenvalue weighted by atomic mass is 16.6. The van der Waals surface area contributed by atoms with Gasteiger partial charge in [0.1, 0.15) is 5.60 Å². The fourth-order valence-electron chi connectivity index (χ4n) is 3.83. The van der Waals surface area contributed by atoms with Gasteiger partial charge in [0.25, 0.3) is 0 Å². The van der Waals surface area contributed by atoms with E-state index < -0.39 is 0 Å². The first-order valence-corrected chi connectivity index (χ1v) is 8.80. The summed E-state index contributed by atoms with van der Waals surface area (Å²) in [5.74, 6) is 1.57. The van der Waals surface area contributed by atoms with Crippen molar-refractivity contribution in [1.29, 1.82) is 0 Å². The number of hydrogen-bond acceptors (Lipinski definition) is 4. The minimum absolute atomic E-state index is 0.0278. The molecule has 0 aromatic heterocycles. The maximum atomic E-state index is 11.1. The van der Waals surface area contributed by atoms with Crippen LogP contribution in [0.2, 0.25) is 0 Å². The van der Waals surface area contributed by atoms with Gasteiger partial charge >= 0.3 is 11.9 Å². The van der Waals surface area contributed by atoms with Crippen molar-refractivity contribution in [3.63, 3.8) is 0 Å². The van der Waals surface area contributed by atoms with Crippen molar-refractivity contribution < 1.29 is 19.1 Å². The lowest BCUT2D eigenvalue weighted by molar-refractivity contribution is -0.152. The number of methoxy groups -OCH3 is 1. The van der Waals surface area contributed by atoms with Crippen LogP contribution in [-0.4, -0.2) is 24.6 Å². The molecule has 0 radical (unpaired) electrons. The van der Waals surface area contributed by atoms with Crippen LogP contribution in [0.1, 0.15) is 72.6 Å². The summed E-state index contributed by atoms with van der Waals surface area (Å²) in [4.78, 5) is 21.6. The Bertz CT molecular complexity index is 379. The monoisotopic (exact) mass is 312 g/mol. The molecule has 4 nitrogen and oxygen atoms in total. The molecule has 0 amide bonds. The van der Waals surface area contributed by atoms with E-state index in [2.05, 4.69) is 4.74 Å². The van der Waals surface area contributed by atoms with Gasteiger partial charge in [-0.2, -0.15) is 0 Å². The van der Waals surface area contributed by atoms with Crippen LogP contribution in [0.4, 0.5) is 0 Å². The maximum absolute atomic E-state index is 11.1. The predicted octanol–water partition coefficient (Wildman–Crippen LogP) is 4.11. The Morgan fingerprint density at radius 1 is 1.41 bits per heavy atom. The third kappa shape index (κ3) is 4.23. The number of hydrogen-bond donors (Lipinski definition) is 0. The highest BCUT2D eigenvalue weighted by Gasteiger charge is 2.55. The van der Waals surface area contributed by atoms with Gasteiger partial charge in [-0.3, -0.25) is 9.59 Å². The molecule has 3 rings (SSSR count). The highest BCUT2D eigenvalue weighted by molar-refractivity contribution is 5.72. The zero-order valence-electron chi connectivity index (χ0n) is 14.8. The molecule has 0 aromatic carbocycles. The Balaban J connectivity index is 0.000000214. The van der Waals surface area contributed by atoms with E-state index in [4.69, 9.17) is 4.74 Å². The second kappa shape index (κ2) is 8.54. The zero-order chi connectivity index (χ0) is 16.8. The van der Waals surface area contributed by atoms with Crippen LogP contribution in [0.25, 0.3) is 0 Å². The minimum atomic E-state index is -0.118. The van der Waals surface area contributed by atoms with Gasteiger partial charge in [-0.05, 0) is 50.4 Å². The van der Waals surface area contributed by atoms with Crippen molar-refractivity contribution in [2.75, 3.05) is 7.11 Å². The molecule has 1 heterocycles. The van der Waals surface area contributed by atoms with E-state index in [1.165, 1.54) is 32.8 Å². The molecular weight excluding hydrogens is 280 g/mol. The highest BCUT2D eigenvalue weighted by Crippen LogP contribution is 2.56. The topological polar surface area (TPSA) is 52.6 Å². The molecule has 3 fully saturated rings. The summed E-state index contributed by atoms with van der Waals surface area (Å²) < 4.78 is 9.97. The average Bonchev–Trinajstić information content (AvgIpc) is 3.24. The first kappa shape index (κ1) is 19.0. The summed E-state index contributed by atoms with van der Waals surface area (Å²) in [7, 11) is 1.41. The first-order chi connectivity index (χ1) is 10.5. The van der Waals surface area contributed by atoms with Crippen LogP contribution in [0.5, 0.6) is 0 Å². The SMILES string of the molecule is CC.CCC(C)C(=O)OC.O=C1CCC2(CC3CCC2C3)O1. The molecule has 0 N–H and O–H groups in total. The van der Waals surface area contributed by atoms with Crippen molar-refractivity contribution in [3.8, 4) is 0 Å². The summed E-state index contributed by atoms with van der Waals surface area (Å²) in [6.07, 6.45) is 7.71. The van der Waals surface area contributed by atoms with Crippen LogP contribution < -0.4 is 0 Å². The molecule has 2 bridgehead atoms. The number of fused-ring (bicyclic) bond motifs is 3. The Kier molecular flexibility index (Phi) is 7.37. The number of carbonyl (C=O) groups excluding carboxylic acids is 2. The lowest BCUT2D eigenvalue weighted by Crippen LogP contribution is -2.34. The van der Waals surface area contributed by atoms with Crippen LogP contribution in [0.3, 0.4) is 0 Å². The van der Waals surface area contributed by atoms with Gasteiger partial charge < -0.3 is 9.47 Å². The van der Waals surface area contributed by atoms with Gasteiger partial charge in [0.2, 0.25) is 0 Å². The van der Waals surface area contributed by atoms with Crippen LogP contribution in [0, 0.1) is 17.8 Å². The third-order valence-corrected chi connectivity index (χ3v) is 5.20. The smallest absolute Gasteiger partial charge is 0.308 e. The third-order valence-electron chi connectivity index (χ3n) is 5.20. The van der Waals surface area contributed by atoms with Crippen molar-refractivity contribution >= 4 is 11.9 Å². The number of carbonyl (C=O) groups is 2. The maximum Gasteiger partial charge on any atom is 0.308 e. The summed E-state index contributed by atoms with van der Waals surface area (Å²) >= 11 is 0. The van der Waals surface area contributed by atoms with E-state index in [1.54, 1.807) is 0 Å². The number of ether oxygens (including phenoxy) is 2. The number of rotatable bonds is 2. The van der Waals surface area contributed by atoms with E-state index >= 15 is 0 Å². The molecule has 2 saturated carbocycles. The summed E-state index contributed by atoms with van der Waals surface area (Å²) in [5.41, 5.74) is 0.0278. The molecule has 4 heteroatoms. The Morgan fingerprint density at radius 3 is 2.41 bits per heavy atom. The van der Waals surface area contributed by atoms with Gasteiger partial charge in [-0.15, -0.1) is 0 Å². The molecule has 4 unspecified atom stereocenters. The summed E-state index contributed by atoms with van der Waals surface area (Å²) in [6.45, 7) is 7.81. The molecule has 4 atom stereocenters. The van der Waals surface area contributed by atoms with Crippen LogP contribution in [-0.2, 0) is 19.1 Å². The standard InChI is InChI=1S/C10H14O2.C6H12O2.C2H6/c11-9-3-4-10(12-9)6-7-1-2-8(10)5-7;1-4-5(2)6(7)8-3;1-2/h7-8H,1-6H2;5H,4H2,1-3H3;1-2H3. The average molecular weight is 312 g/mol. The zero-order valence-corrected chi connectivity index (χ0v) is 14.8. The fraction of sp³-hybridized carbons (Fsp3) is 0.889. The Hall–Kier alpha value is -1.06. The van der Waals surface area contributed by atoms with E-state index in [9.17, 15) is 9.59 Å². The van der Waals surface area contributed by atoms with Gasteiger partial charge in [0.15, 0.2) is 0 Å². The predicted molar refractivity (Wildman–Crippen MR) is 86.3 cm³/mol. The molecule has 128 valence electrons. The van der Waals surface area contributed by atoms with Crippen molar-refractivity contribution in [3.05, 3.63) is 0 Å². The fourth-order valence-corrected chi connectivity index (χ4v) is 3.83. The lowest BCUT2D eigenvalue weighted by atomic mass is 9.82. The molecule has 1 spiro atoms. The Labute approximate surface area is 134 Å². The quantitative estimate of drug-likeness (QED) is 0.720. The van der Waals surface area contributed by atoms with Gasteiger partial charge in [-0.1, -0.05) is 27.7 Å². The normalized spacial score (nSPS) is 32.5. The second-order valence-electron chi connectivity index (χ2n) is 6.45. The van der Waals surface area contributed by atoms with Gasteiger partial charge in [0.05, 0.1) is 13.0 Å². The molecule has 22 heavy (non-hydrogen) atoms. The molecule has 1 aliphatic heterocycles. The second-order valence-corrected chi connectivity index (χ2v) is 6.45. The van der Waals surface area contributed by atoms with Crippen LogP contribution >= 0.6 is 0 Å². The van der Waals surface area contributed by atoms with Crippen molar-refractivity contribution in [2.45, 2.75) is 78.2 Å². The van der Waals surface area contributed by atoms with E-state index in [1.807, 2.05) is 27.7 Å². The summed E-state index contributed by atoms with van der Waals surface area (Å²) in [6, 6.07) is 0. The van der Waals surface area contributed by atoms with Crippen molar-refractivity contribution in [2.24, 2.45) is 17.8 Å². The lowest BCUT2D eigenvalue weighted by Gasteiger charge is -2.31. The van der Waals surface area contributed by atoms with E-state index in [0.29, 0.717) is 12.3 Å². The summed E-state index contributed by atoms with van der Waals surface area (Å²) in [5, 5.41) is 0. The Morgan fingerprint density at radius 2 is 2.09 bits per heavy atom. The number of esters is 2. The minimum Gasteiger partial charge on any atom is -0.469 e. The van der Waals surface area contributed by atoms with E-state index in [0.717, 1.165) is 18.8 Å². The first-order valence-electron chi connectivity index (χ1n) is 8.80. The molecule has 2 aliphatic carbocycles. The largest absolute Gasteiger partial charge is 0.469 e. The molecule has 3 aliphatic rings. The van der Waals surface area contributed by atoms with E-state index in [-0.39, 0.29) is 23.5 Å². The molecular formula is C18H32O4. The van der Waals surface area contributed by atoms with Gasteiger partial charge in [0, 0.05) is 6.42 Å².